The van der Waals surface area contributed by atoms with Crippen molar-refractivity contribution in [1.29, 1.82) is 5.26 Å². The van der Waals surface area contributed by atoms with Crippen molar-refractivity contribution in [2.45, 2.75) is 0 Å². The maximum Gasteiger partial charge on any atom is 0.262 e. The van der Waals surface area contributed by atoms with E-state index in [4.69, 9.17) is 21.6 Å². The number of rotatable bonds is 4. The first kappa shape index (κ1) is 16.3. The first-order chi connectivity index (χ1) is 10.5. The van der Waals surface area contributed by atoms with Gasteiger partial charge in [0.1, 0.15) is 17.6 Å². The molecule has 2 aromatic carbocycles. The fraction of sp³-hybridized carbons (Fsp3) is 0.0667. The Morgan fingerprint density at radius 3 is 2.82 bits per heavy atom. The third-order valence-corrected chi connectivity index (χ3v) is 3.48. The number of carbonyl (C=O) groups is 1. The molecule has 7 heteroatoms. The molecule has 2 aromatic rings. The second-order valence-electron chi connectivity index (χ2n) is 4.21. The van der Waals surface area contributed by atoms with E-state index in [9.17, 15) is 9.18 Å². The van der Waals surface area contributed by atoms with Gasteiger partial charge in [0.15, 0.2) is 6.61 Å². The van der Waals surface area contributed by atoms with Crippen molar-refractivity contribution in [3.63, 3.8) is 0 Å². The molecule has 0 aliphatic rings. The van der Waals surface area contributed by atoms with Crippen LogP contribution in [0.5, 0.6) is 5.75 Å². The first-order valence-electron chi connectivity index (χ1n) is 6.07. The number of benzene rings is 2. The first-order valence-corrected chi connectivity index (χ1v) is 7.24. The van der Waals surface area contributed by atoms with Crippen LogP contribution in [-0.4, -0.2) is 12.5 Å². The lowest BCUT2D eigenvalue weighted by Crippen LogP contribution is -2.20. The van der Waals surface area contributed by atoms with Crippen LogP contribution in [0.4, 0.5) is 10.1 Å². The van der Waals surface area contributed by atoms with Gasteiger partial charge in [0, 0.05) is 5.02 Å². The van der Waals surface area contributed by atoms with Crippen molar-refractivity contribution < 1.29 is 13.9 Å². The van der Waals surface area contributed by atoms with Crippen LogP contribution in [0.15, 0.2) is 40.9 Å². The Kier molecular flexibility index (Phi) is 5.36. The van der Waals surface area contributed by atoms with E-state index in [0.717, 1.165) is 0 Å². The molecule has 0 saturated heterocycles. The molecule has 0 aromatic heterocycles. The highest BCUT2D eigenvalue weighted by molar-refractivity contribution is 9.10. The molecule has 2 rings (SSSR count). The van der Waals surface area contributed by atoms with Crippen LogP contribution in [0, 0.1) is 17.1 Å². The predicted molar refractivity (Wildman–Crippen MR) is 84.4 cm³/mol. The van der Waals surface area contributed by atoms with Gasteiger partial charge in [-0.15, -0.1) is 0 Å². The summed E-state index contributed by atoms with van der Waals surface area (Å²) in [4.78, 5) is 11.9. The van der Waals surface area contributed by atoms with Crippen molar-refractivity contribution in [1.82, 2.24) is 0 Å². The summed E-state index contributed by atoms with van der Waals surface area (Å²) in [5, 5.41) is 11.9. The van der Waals surface area contributed by atoms with Gasteiger partial charge in [0.2, 0.25) is 0 Å². The molecule has 0 unspecified atom stereocenters. The topological polar surface area (TPSA) is 62.1 Å². The minimum Gasteiger partial charge on any atom is -0.483 e. The highest BCUT2D eigenvalue weighted by Crippen LogP contribution is 2.25. The molecule has 0 atom stereocenters. The number of nitriles is 1. The highest BCUT2D eigenvalue weighted by Gasteiger charge is 2.10. The highest BCUT2D eigenvalue weighted by atomic mass is 79.9. The summed E-state index contributed by atoms with van der Waals surface area (Å²) in [6.07, 6.45) is 0. The summed E-state index contributed by atoms with van der Waals surface area (Å²) in [5.41, 5.74) is 0.600. The van der Waals surface area contributed by atoms with E-state index in [1.165, 1.54) is 30.3 Å². The second-order valence-corrected chi connectivity index (χ2v) is 5.50. The molecule has 22 heavy (non-hydrogen) atoms. The molecule has 4 nitrogen and oxygen atoms in total. The lowest BCUT2D eigenvalue weighted by molar-refractivity contribution is -0.118. The summed E-state index contributed by atoms with van der Waals surface area (Å²) in [7, 11) is 0. The monoisotopic (exact) mass is 382 g/mol. The van der Waals surface area contributed by atoms with Gasteiger partial charge < -0.3 is 10.1 Å². The van der Waals surface area contributed by atoms with Gasteiger partial charge in [-0.1, -0.05) is 11.6 Å². The molecular weight excluding hydrogens is 375 g/mol. The smallest absolute Gasteiger partial charge is 0.262 e. The summed E-state index contributed by atoms with van der Waals surface area (Å²) in [5.74, 6) is -0.542. The fourth-order valence-corrected chi connectivity index (χ4v) is 2.28. The van der Waals surface area contributed by atoms with Crippen LogP contribution < -0.4 is 10.1 Å². The number of nitrogens with zero attached hydrogens (tertiary/aromatic N) is 1. The van der Waals surface area contributed by atoms with Crippen LogP contribution in [0.3, 0.4) is 0 Å². The molecule has 0 radical (unpaired) electrons. The van der Waals surface area contributed by atoms with E-state index in [1.807, 2.05) is 6.07 Å². The molecule has 0 fully saturated rings. The predicted octanol–water partition coefficient (Wildman–Crippen LogP) is 4.13. The molecule has 112 valence electrons. The van der Waals surface area contributed by atoms with Gasteiger partial charge in [0.05, 0.1) is 15.7 Å². The van der Waals surface area contributed by atoms with Gasteiger partial charge in [-0.25, -0.2) is 4.39 Å². The van der Waals surface area contributed by atoms with Crippen molar-refractivity contribution in [2.24, 2.45) is 0 Å². The van der Waals surface area contributed by atoms with E-state index in [0.29, 0.717) is 26.5 Å². The Hall–Kier alpha value is -2.10. The zero-order valence-corrected chi connectivity index (χ0v) is 13.4. The molecule has 1 amide bonds. The lowest BCUT2D eigenvalue weighted by Gasteiger charge is -2.10. The summed E-state index contributed by atoms with van der Waals surface area (Å²) >= 11 is 8.97. The summed E-state index contributed by atoms with van der Waals surface area (Å²) in [6, 6.07) is 10.4. The Morgan fingerprint density at radius 1 is 1.36 bits per heavy atom. The number of carbonyl (C=O) groups excluding carboxylic acids is 1. The number of ether oxygens (including phenoxy) is 1. The van der Waals surface area contributed by atoms with Crippen molar-refractivity contribution in [3.8, 4) is 11.8 Å². The van der Waals surface area contributed by atoms with Crippen LogP contribution >= 0.6 is 27.5 Å². The molecule has 0 spiro atoms. The summed E-state index contributed by atoms with van der Waals surface area (Å²) in [6.45, 7) is -0.290. The van der Waals surface area contributed by atoms with Gasteiger partial charge in [0.25, 0.3) is 5.91 Å². The molecular formula is C15H9BrClFN2O2. The van der Waals surface area contributed by atoms with E-state index < -0.39 is 11.7 Å². The Bertz CT molecular complexity index is 762. The number of hydrogen-bond acceptors (Lipinski definition) is 3. The van der Waals surface area contributed by atoms with Crippen molar-refractivity contribution >= 4 is 39.1 Å². The Morgan fingerprint density at radius 2 is 2.14 bits per heavy atom. The molecule has 0 heterocycles. The van der Waals surface area contributed by atoms with Crippen molar-refractivity contribution in [2.75, 3.05) is 11.9 Å². The van der Waals surface area contributed by atoms with E-state index in [1.54, 1.807) is 6.07 Å². The average molecular weight is 384 g/mol. The van der Waals surface area contributed by atoms with Crippen LogP contribution in [0.2, 0.25) is 5.02 Å². The Labute approximate surface area is 139 Å². The van der Waals surface area contributed by atoms with E-state index in [2.05, 4.69) is 21.2 Å². The standard InChI is InChI=1S/C15H9BrClFN2O2/c16-12-6-11(18)3-4-14(12)22-8-15(21)20-13-5-10(17)2-1-9(13)7-19/h1-6H,8H2,(H,20,21). The van der Waals surface area contributed by atoms with Crippen LogP contribution in [-0.2, 0) is 4.79 Å². The average Bonchev–Trinajstić information content (AvgIpc) is 2.46. The number of amides is 1. The van der Waals surface area contributed by atoms with Gasteiger partial charge in [-0.05, 0) is 52.3 Å². The molecule has 0 aliphatic heterocycles. The Balaban J connectivity index is 2.02. The molecule has 0 bridgehead atoms. The maximum absolute atomic E-state index is 12.9. The quantitative estimate of drug-likeness (QED) is 0.863. The SMILES string of the molecule is N#Cc1ccc(Cl)cc1NC(=O)COc1ccc(F)cc1Br. The second kappa shape index (κ2) is 7.25. The zero-order valence-electron chi connectivity index (χ0n) is 11.1. The largest absolute Gasteiger partial charge is 0.483 e. The van der Waals surface area contributed by atoms with Crippen LogP contribution in [0.25, 0.3) is 0 Å². The number of nitrogens with one attached hydrogen (secondary N) is 1. The molecule has 1 N–H and O–H groups in total. The normalized spacial score (nSPS) is 9.91. The zero-order chi connectivity index (χ0) is 16.1. The number of halogens is 3. The fourth-order valence-electron chi connectivity index (χ4n) is 1.64. The molecule has 0 saturated carbocycles. The number of anilines is 1. The van der Waals surface area contributed by atoms with Gasteiger partial charge >= 0.3 is 0 Å². The van der Waals surface area contributed by atoms with Gasteiger partial charge in [-0.3, -0.25) is 4.79 Å². The lowest BCUT2D eigenvalue weighted by atomic mass is 10.2. The van der Waals surface area contributed by atoms with Gasteiger partial charge in [-0.2, -0.15) is 5.26 Å². The van der Waals surface area contributed by atoms with Crippen LogP contribution in [0.1, 0.15) is 5.56 Å². The number of hydrogen-bond donors (Lipinski definition) is 1. The van der Waals surface area contributed by atoms with E-state index >= 15 is 0 Å². The maximum atomic E-state index is 12.9. The molecule has 0 aliphatic carbocycles. The van der Waals surface area contributed by atoms with E-state index in [-0.39, 0.29) is 6.61 Å². The summed E-state index contributed by atoms with van der Waals surface area (Å²) < 4.78 is 18.6. The third-order valence-electron chi connectivity index (χ3n) is 2.63. The van der Waals surface area contributed by atoms with Crippen molar-refractivity contribution in [3.05, 3.63) is 57.3 Å². The third kappa shape index (κ3) is 4.20. The minimum atomic E-state index is -0.463. The minimum absolute atomic E-state index is 0.290.